The molecule has 0 aliphatic heterocycles. The van der Waals surface area contributed by atoms with Crippen molar-refractivity contribution in [3.63, 3.8) is 0 Å². The minimum Gasteiger partial charge on any atom is -0.446 e. The van der Waals surface area contributed by atoms with E-state index in [0.717, 1.165) is 0 Å². The lowest BCUT2D eigenvalue weighted by Gasteiger charge is -1.93. The first-order valence-electron chi connectivity index (χ1n) is 2.85. The van der Waals surface area contributed by atoms with Crippen molar-refractivity contribution in [1.82, 2.24) is 4.98 Å². The van der Waals surface area contributed by atoms with Crippen molar-refractivity contribution in [2.45, 2.75) is 13.0 Å². The molecule has 0 bridgehead atoms. The van der Waals surface area contributed by atoms with Gasteiger partial charge < -0.3 is 10.2 Å². The molecule has 11 heavy (non-hydrogen) atoms. The molecule has 0 radical (unpaired) electrons. The van der Waals surface area contributed by atoms with Crippen molar-refractivity contribution in [1.29, 1.82) is 5.26 Å². The van der Waals surface area contributed by atoms with Crippen LogP contribution in [0.1, 0.15) is 24.6 Å². The van der Waals surface area contributed by atoms with Crippen LogP contribution in [-0.4, -0.2) is 4.98 Å². The van der Waals surface area contributed by atoms with E-state index in [1.54, 1.807) is 6.92 Å². The number of nitriles is 1. The van der Waals surface area contributed by atoms with Crippen molar-refractivity contribution in [3.8, 4) is 6.07 Å². The van der Waals surface area contributed by atoms with E-state index >= 15 is 0 Å². The molecule has 1 aromatic heterocycles. The van der Waals surface area contributed by atoms with Gasteiger partial charge in [-0.2, -0.15) is 5.26 Å². The summed E-state index contributed by atoms with van der Waals surface area (Å²) in [6, 6.07) is 1.59. The van der Waals surface area contributed by atoms with Gasteiger partial charge in [-0.25, -0.2) is 4.98 Å². The van der Waals surface area contributed by atoms with Gasteiger partial charge in [-0.15, -0.1) is 12.4 Å². The van der Waals surface area contributed by atoms with Crippen LogP contribution < -0.4 is 5.73 Å². The molecule has 0 saturated carbocycles. The minimum atomic E-state index is -0.248. The zero-order valence-corrected chi connectivity index (χ0v) is 6.76. The van der Waals surface area contributed by atoms with Crippen LogP contribution in [0.3, 0.4) is 0 Å². The Morgan fingerprint density at radius 2 is 2.45 bits per heavy atom. The highest BCUT2D eigenvalue weighted by Crippen LogP contribution is 2.07. The zero-order valence-electron chi connectivity index (χ0n) is 5.94. The average molecular weight is 174 g/mol. The van der Waals surface area contributed by atoms with Gasteiger partial charge in [-0.1, -0.05) is 0 Å². The van der Waals surface area contributed by atoms with Crippen LogP contribution in [0, 0.1) is 11.3 Å². The Kier molecular flexibility index (Phi) is 3.58. The minimum absolute atomic E-state index is 0. The first kappa shape index (κ1) is 9.95. The summed E-state index contributed by atoms with van der Waals surface area (Å²) in [4.78, 5) is 3.78. The molecule has 0 fully saturated rings. The molecular formula is C6H8ClN3O. The Labute approximate surface area is 70.4 Å². The molecule has 0 saturated heterocycles. The summed E-state index contributed by atoms with van der Waals surface area (Å²) in [5.74, 6) is 0.400. The molecule has 0 spiro atoms. The van der Waals surface area contributed by atoms with Gasteiger partial charge in [0.25, 0.3) is 0 Å². The molecule has 1 rings (SSSR count). The Hall–Kier alpha value is -1.05. The number of halogens is 1. The SMILES string of the molecule is CC(N)c1nc(C#N)co1.Cl. The van der Waals surface area contributed by atoms with Crippen LogP contribution >= 0.6 is 12.4 Å². The topological polar surface area (TPSA) is 75.8 Å². The van der Waals surface area contributed by atoms with E-state index in [1.807, 2.05) is 6.07 Å². The number of hydrogen-bond acceptors (Lipinski definition) is 4. The summed E-state index contributed by atoms with van der Waals surface area (Å²) in [5, 5.41) is 8.32. The maximum atomic E-state index is 8.32. The first-order chi connectivity index (χ1) is 4.74. The van der Waals surface area contributed by atoms with Gasteiger partial charge in [0, 0.05) is 0 Å². The highest BCUT2D eigenvalue weighted by molar-refractivity contribution is 5.85. The predicted octanol–water partition coefficient (Wildman–Crippen LogP) is 0.988. The Morgan fingerprint density at radius 1 is 1.82 bits per heavy atom. The molecule has 0 amide bonds. The smallest absolute Gasteiger partial charge is 0.211 e. The molecular weight excluding hydrogens is 166 g/mol. The van der Waals surface area contributed by atoms with Crippen molar-refractivity contribution in [2.75, 3.05) is 0 Å². The summed E-state index contributed by atoms with van der Waals surface area (Å²) >= 11 is 0. The van der Waals surface area contributed by atoms with Crippen LogP contribution in [0.25, 0.3) is 0 Å². The van der Waals surface area contributed by atoms with E-state index in [1.165, 1.54) is 6.26 Å². The Morgan fingerprint density at radius 3 is 2.73 bits per heavy atom. The predicted molar refractivity (Wildman–Crippen MR) is 41.1 cm³/mol. The quantitative estimate of drug-likeness (QED) is 0.687. The number of rotatable bonds is 1. The van der Waals surface area contributed by atoms with Gasteiger partial charge in [0.05, 0.1) is 6.04 Å². The zero-order chi connectivity index (χ0) is 7.56. The number of nitrogens with two attached hydrogens (primary N) is 1. The standard InChI is InChI=1S/C6H7N3O.ClH/c1-4(8)6-9-5(2-7)3-10-6;/h3-4H,8H2,1H3;1H. The summed E-state index contributed by atoms with van der Waals surface area (Å²) < 4.78 is 4.86. The van der Waals surface area contributed by atoms with Crippen molar-refractivity contribution >= 4 is 12.4 Å². The molecule has 1 atom stereocenters. The summed E-state index contributed by atoms with van der Waals surface area (Å²) in [7, 11) is 0. The van der Waals surface area contributed by atoms with E-state index in [-0.39, 0.29) is 24.1 Å². The second-order valence-corrected chi connectivity index (χ2v) is 1.97. The molecule has 1 heterocycles. The Bertz CT molecular complexity index is 263. The van der Waals surface area contributed by atoms with Crippen LogP contribution in [0.5, 0.6) is 0 Å². The summed E-state index contributed by atoms with van der Waals surface area (Å²) in [5.41, 5.74) is 5.69. The fraction of sp³-hybridized carbons (Fsp3) is 0.333. The molecule has 1 aromatic rings. The molecule has 2 N–H and O–H groups in total. The Balaban J connectivity index is 0.000001000. The molecule has 0 aliphatic carbocycles. The van der Waals surface area contributed by atoms with Gasteiger partial charge in [-0.3, -0.25) is 0 Å². The monoisotopic (exact) mass is 173 g/mol. The molecule has 5 heteroatoms. The normalized spacial score (nSPS) is 11.4. The molecule has 1 unspecified atom stereocenters. The molecule has 0 aromatic carbocycles. The first-order valence-corrected chi connectivity index (χ1v) is 2.85. The third kappa shape index (κ3) is 2.22. The third-order valence-corrected chi connectivity index (χ3v) is 1.03. The molecule has 60 valence electrons. The maximum Gasteiger partial charge on any atom is 0.211 e. The van der Waals surface area contributed by atoms with E-state index in [4.69, 9.17) is 15.4 Å². The van der Waals surface area contributed by atoms with E-state index in [9.17, 15) is 0 Å². The van der Waals surface area contributed by atoms with Crippen molar-refractivity contribution in [2.24, 2.45) is 5.73 Å². The van der Waals surface area contributed by atoms with Gasteiger partial charge in [0.1, 0.15) is 12.3 Å². The van der Waals surface area contributed by atoms with Gasteiger partial charge in [0.15, 0.2) is 5.69 Å². The van der Waals surface area contributed by atoms with Crippen molar-refractivity contribution < 1.29 is 4.42 Å². The highest BCUT2D eigenvalue weighted by Gasteiger charge is 2.06. The molecule has 0 aliphatic rings. The van der Waals surface area contributed by atoms with Gasteiger partial charge >= 0.3 is 0 Å². The fourth-order valence-corrected chi connectivity index (χ4v) is 0.548. The number of nitrogens with zero attached hydrogens (tertiary/aromatic N) is 2. The largest absolute Gasteiger partial charge is 0.446 e. The summed E-state index contributed by atoms with van der Waals surface area (Å²) in [6.45, 7) is 1.74. The number of hydrogen-bond donors (Lipinski definition) is 1. The van der Waals surface area contributed by atoms with E-state index < -0.39 is 0 Å². The molecule has 4 nitrogen and oxygen atoms in total. The second kappa shape index (κ2) is 3.96. The maximum absolute atomic E-state index is 8.32. The van der Waals surface area contributed by atoms with Crippen LogP contribution in [0.2, 0.25) is 0 Å². The second-order valence-electron chi connectivity index (χ2n) is 1.97. The van der Waals surface area contributed by atoms with Crippen molar-refractivity contribution in [3.05, 3.63) is 17.8 Å². The van der Waals surface area contributed by atoms with Crippen LogP contribution in [0.4, 0.5) is 0 Å². The lowest BCUT2D eigenvalue weighted by molar-refractivity contribution is 0.463. The lowest BCUT2D eigenvalue weighted by Crippen LogP contribution is -2.04. The fourth-order valence-electron chi connectivity index (χ4n) is 0.548. The van der Waals surface area contributed by atoms with Crippen LogP contribution in [0.15, 0.2) is 10.7 Å². The van der Waals surface area contributed by atoms with Gasteiger partial charge in [0.2, 0.25) is 5.89 Å². The van der Waals surface area contributed by atoms with E-state index in [0.29, 0.717) is 5.89 Å². The highest BCUT2D eigenvalue weighted by atomic mass is 35.5. The van der Waals surface area contributed by atoms with E-state index in [2.05, 4.69) is 4.98 Å². The lowest BCUT2D eigenvalue weighted by atomic mass is 10.4. The summed E-state index contributed by atoms with van der Waals surface area (Å²) in [6.07, 6.45) is 1.29. The van der Waals surface area contributed by atoms with Crippen LogP contribution in [-0.2, 0) is 0 Å². The average Bonchev–Trinajstić information content (AvgIpc) is 2.34. The third-order valence-electron chi connectivity index (χ3n) is 1.03. The number of aromatic nitrogens is 1. The van der Waals surface area contributed by atoms with Gasteiger partial charge in [-0.05, 0) is 6.92 Å². The number of oxazole rings is 1.